The van der Waals surface area contributed by atoms with Crippen molar-refractivity contribution in [1.29, 1.82) is 0 Å². The zero-order valence-corrected chi connectivity index (χ0v) is 8.19. The molecule has 0 rings (SSSR count). The van der Waals surface area contributed by atoms with Crippen molar-refractivity contribution in [3.8, 4) is 0 Å². The predicted molar refractivity (Wildman–Crippen MR) is 45.6 cm³/mol. The second-order valence-electron chi connectivity index (χ2n) is 2.65. The summed E-state index contributed by atoms with van der Waals surface area (Å²) >= 11 is 0. The molecule has 82 valence electrons. The summed E-state index contributed by atoms with van der Waals surface area (Å²) in [5.41, 5.74) is 0. The third-order valence-electron chi connectivity index (χ3n) is 1.22. The number of aliphatic carboxylic acids is 1. The van der Waals surface area contributed by atoms with Gasteiger partial charge in [-0.1, -0.05) is 0 Å². The number of esters is 1. The Morgan fingerprint density at radius 2 is 2.07 bits per heavy atom. The van der Waals surface area contributed by atoms with E-state index in [1.54, 1.807) is 0 Å². The zero-order valence-electron chi connectivity index (χ0n) is 8.19. The van der Waals surface area contributed by atoms with Gasteiger partial charge in [0.25, 0.3) is 0 Å². The molecule has 0 fully saturated rings. The van der Waals surface area contributed by atoms with E-state index in [2.05, 4.69) is 4.74 Å². The highest BCUT2D eigenvalue weighted by Gasteiger charge is 2.12. The normalized spacial score (nSPS) is 12.1. The van der Waals surface area contributed by atoms with Crippen LogP contribution in [0.5, 0.6) is 0 Å². The lowest BCUT2D eigenvalue weighted by Crippen LogP contribution is -2.22. The Bertz CT molecular complexity index is 190. The molecule has 6 nitrogen and oxygen atoms in total. The molecule has 0 bridgehead atoms. The van der Waals surface area contributed by atoms with Gasteiger partial charge in [-0.25, -0.2) is 4.79 Å². The van der Waals surface area contributed by atoms with Crippen LogP contribution in [-0.4, -0.2) is 43.7 Å². The molecule has 0 spiro atoms. The van der Waals surface area contributed by atoms with Gasteiger partial charge >= 0.3 is 11.9 Å². The van der Waals surface area contributed by atoms with Crippen LogP contribution in [0.2, 0.25) is 0 Å². The molecule has 1 unspecified atom stereocenters. The third-order valence-corrected chi connectivity index (χ3v) is 1.22. The van der Waals surface area contributed by atoms with Crippen molar-refractivity contribution in [2.45, 2.75) is 19.4 Å². The van der Waals surface area contributed by atoms with Crippen molar-refractivity contribution in [3.63, 3.8) is 0 Å². The number of carboxylic acid groups (broad SMARTS) is 1. The fourth-order valence-electron chi connectivity index (χ4n) is 0.754. The van der Waals surface area contributed by atoms with Crippen LogP contribution in [0.4, 0.5) is 0 Å². The fraction of sp³-hybridized carbons (Fsp3) is 0.750. The Balaban J connectivity index is 3.55. The molecule has 0 aromatic heterocycles. The number of methoxy groups -OCH3 is 1. The van der Waals surface area contributed by atoms with Crippen LogP contribution in [0.3, 0.4) is 0 Å². The molecule has 1 N–H and O–H groups in total. The highest BCUT2D eigenvalue weighted by Crippen LogP contribution is 1.97. The van der Waals surface area contributed by atoms with Gasteiger partial charge in [0.05, 0.1) is 6.42 Å². The molecule has 0 aromatic carbocycles. The van der Waals surface area contributed by atoms with Gasteiger partial charge in [-0.2, -0.15) is 0 Å². The van der Waals surface area contributed by atoms with Crippen LogP contribution >= 0.6 is 0 Å². The summed E-state index contributed by atoms with van der Waals surface area (Å²) in [7, 11) is 1.43. The van der Waals surface area contributed by atoms with Crippen molar-refractivity contribution in [3.05, 3.63) is 0 Å². The van der Waals surface area contributed by atoms with E-state index >= 15 is 0 Å². The number of hydrogen-bond donors (Lipinski definition) is 1. The first-order valence-corrected chi connectivity index (χ1v) is 4.04. The Kier molecular flexibility index (Phi) is 6.69. The lowest BCUT2D eigenvalue weighted by Gasteiger charge is -2.10. The highest BCUT2D eigenvalue weighted by molar-refractivity contribution is 5.72. The monoisotopic (exact) mass is 206 g/mol. The molecule has 14 heavy (non-hydrogen) atoms. The first-order valence-electron chi connectivity index (χ1n) is 4.04. The fourth-order valence-corrected chi connectivity index (χ4v) is 0.754. The molecule has 0 aliphatic carbocycles. The SMILES string of the molecule is COCOCC(=O)OC(C)CC(=O)O. The topological polar surface area (TPSA) is 82.1 Å². The van der Waals surface area contributed by atoms with E-state index in [0.29, 0.717) is 0 Å². The van der Waals surface area contributed by atoms with E-state index in [0.717, 1.165) is 0 Å². The van der Waals surface area contributed by atoms with Gasteiger partial charge in [0, 0.05) is 7.11 Å². The van der Waals surface area contributed by atoms with Crippen molar-refractivity contribution < 1.29 is 28.9 Å². The van der Waals surface area contributed by atoms with Gasteiger partial charge in [0.1, 0.15) is 19.5 Å². The Hall–Kier alpha value is -1.14. The number of rotatable bonds is 7. The first-order chi connectivity index (χ1) is 6.56. The maximum absolute atomic E-state index is 10.9. The average molecular weight is 206 g/mol. The minimum Gasteiger partial charge on any atom is -0.481 e. The molecule has 6 heteroatoms. The molecule has 0 amide bonds. The molecule has 0 aliphatic rings. The highest BCUT2D eigenvalue weighted by atomic mass is 16.7. The van der Waals surface area contributed by atoms with Crippen LogP contribution in [0.25, 0.3) is 0 Å². The van der Waals surface area contributed by atoms with Crippen molar-refractivity contribution >= 4 is 11.9 Å². The summed E-state index contributed by atoms with van der Waals surface area (Å²) in [5.74, 6) is -1.61. The molecule has 0 heterocycles. The summed E-state index contributed by atoms with van der Waals surface area (Å²) in [5, 5.41) is 8.37. The third kappa shape index (κ3) is 7.51. The largest absolute Gasteiger partial charge is 0.481 e. The lowest BCUT2D eigenvalue weighted by atomic mass is 10.3. The molecule has 1 atom stereocenters. The van der Waals surface area contributed by atoms with Crippen molar-refractivity contribution in [2.75, 3.05) is 20.5 Å². The number of carbonyl (C=O) groups is 2. The van der Waals surface area contributed by atoms with Gasteiger partial charge in [-0.15, -0.1) is 0 Å². The summed E-state index contributed by atoms with van der Waals surface area (Å²) in [6, 6.07) is 0. The Labute approximate surface area is 81.8 Å². The van der Waals surface area contributed by atoms with Gasteiger partial charge in [0.15, 0.2) is 0 Å². The van der Waals surface area contributed by atoms with E-state index in [1.807, 2.05) is 0 Å². The molecule has 0 saturated carbocycles. The van der Waals surface area contributed by atoms with Gasteiger partial charge in [0.2, 0.25) is 0 Å². The molecule has 0 aliphatic heterocycles. The van der Waals surface area contributed by atoms with Crippen LogP contribution in [0.15, 0.2) is 0 Å². The minimum atomic E-state index is -1.01. The standard InChI is InChI=1S/C8H14O6/c1-6(3-7(9)10)14-8(11)4-13-5-12-2/h6H,3-5H2,1-2H3,(H,9,10). The Morgan fingerprint density at radius 1 is 1.43 bits per heavy atom. The second-order valence-corrected chi connectivity index (χ2v) is 2.65. The second kappa shape index (κ2) is 7.28. The van der Waals surface area contributed by atoms with Crippen LogP contribution < -0.4 is 0 Å². The lowest BCUT2D eigenvalue weighted by molar-refractivity contribution is -0.160. The molecule has 0 saturated heterocycles. The van der Waals surface area contributed by atoms with Gasteiger partial charge in [-0.05, 0) is 6.92 Å². The minimum absolute atomic E-state index is 0.00239. The van der Waals surface area contributed by atoms with Gasteiger partial charge in [-0.3, -0.25) is 4.79 Å². The van der Waals surface area contributed by atoms with E-state index in [1.165, 1.54) is 14.0 Å². The summed E-state index contributed by atoms with van der Waals surface area (Å²) in [4.78, 5) is 21.1. The van der Waals surface area contributed by atoms with E-state index in [9.17, 15) is 9.59 Å². The van der Waals surface area contributed by atoms with E-state index in [-0.39, 0.29) is 19.8 Å². The molecular weight excluding hydrogens is 192 g/mol. The maximum atomic E-state index is 10.9. The number of ether oxygens (including phenoxy) is 3. The quantitative estimate of drug-likeness (QED) is 0.359. The summed E-state index contributed by atoms with van der Waals surface area (Å²) < 4.78 is 14.0. The van der Waals surface area contributed by atoms with Crippen molar-refractivity contribution in [2.24, 2.45) is 0 Å². The first kappa shape index (κ1) is 12.9. The molecule has 0 aromatic rings. The number of hydrogen-bond acceptors (Lipinski definition) is 5. The summed E-state index contributed by atoms with van der Waals surface area (Å²) in [6.45, 7) is 1.27. The van der Waals surface area contributed by atoms with Crippen LogP contribution in [0, 0.1) is 0 Å². The summed E-state index contributed by atoms with van der Waals surface area (Å²) in [6.07, 6.45) is -0.859. The Morgan fingerprint density at radius 3 is 2.57 bits per heavy atom. The van der Waals surface area contributed by atoms with Crippen LogP contribution in [0.1, 0.15) is 13.3 Å². The van der Waals surface area contributed by atoms with Crippen LogP contribution in [-0.2, 0) is 23.8 Å². The van der Waals surface area contributed by atoms with Crippen molar-refractivity contribution in [1.82, 2.24) is 0 Å². The van der Waals surface area contributed by atoms with E-state index in [4.69, 9.17) is 14.6 Å². The zero-order chi connectivity index (χ0) is 11.0. The molecular formula is C8H14O6. The predicted octanol–water partition coefficient (Wildman–Crippen LogP) is 0.0133. The number of carbonyl (C=O) groups excluding carboxylic acids is 1. The number of carboxylic acids is 1. The van der Waals surface area contributed by atoms with Gasteiger partial charge < -0.3 is 19.3 Å². The molecule has 0 radical (unpaired) electrons. The average Bonchev–Trinajstić information content (AvgIpc) is 2.02. The smallest absolute Gasteiger partial charge is 0.332 e. The maximum Gasteiger partial charge on any atom is 0.332 e. The van der Waals surface area contributed by atoms with E-state index < -0.39 is 18.0 Å².